The molecule has 0 radical (unpaired) electrons. The molecule has 0 bridgehead atoms. The average molecular weight is 473 g/mol. The van der Waals surface area contributed by atoms with Crippen molar-refractivity contribution in [2.24, 2.45) is 4.99 Å². The van der Waals surface area contributed by atoms with E-state index in [1.165, 1.54) is 0 Å². The van der Waals surface area contributed by atoms with Crippen molar-refractivity contribution in [1.82, 2.24) is 15.2 Å². The normalized spacial score (nSPS) is 10.9. The van der Waals surface area contributed by atoms with Crippen molar-refractivity contribution in [2.45, 2.75) is 26.8 Å². The molecule has 2 N–H and O–H groups in total. The van der Waals surface area contributed by atoms with Gasteiger partial charge in [0.1, 0.15) is 0 Å². The molecule has 0 atom stereocenters. The lowest BCUT2D eigenvalue weighted by Crippen LogP contribution is -2.38. The minimum atomic E-state index is 0. The lowest BCUT2D eigenvalue weighted by Gasteiger charge is -2.21. The highest BCUT2D eigenvalue weighted by atomic mass is 127. The van der Waals surface area contributed by atoms with Gasteiger partial charge < -0.3 is 15.5 Å². The van der Waals surface area contributed by atoms with E-state index in [0.29, 0.717) is 0 Å². The van der Waals surface area contributed by atoms with Crippen LogP contribution in [0.25, 0.3) is 0 Å². The van der Waals surface area contributed by atoms with Gasteiger partial charge in [0.05, 0.1) is 17.2 Å². The number of aromatic nitrogens is 1. The number of guanidine groups is 1. The third-order valence-corrected chi connectivity index (χ3v) is 4.28. The zero-order valence-corrected chi connectivity index (χ0v) is 18.3. The topological polar surface area (TPSA) is 52.6 Å². The Labute approximate surface area is 172 Å². The highest BCUT2D eigenvalue weighted by molar-refractivity contribution is 14.0. The minimum absolute atomic E-state index is 0. The van der Waals surface area contributed by atoms with Crippen LogP contribution in [0, 0.1) is 6.92 Å². The van der Waals surface area contributed by atoms with Gasteiger partial charge in [-0.25, -0.2) is 4.98 Å². The van der Waals surface area contributed by atoms with Gasteiger partial charge in [-0.05, 0) is 32.4 Å². The van der Waals surface area contributed by atoms with E-state index in [0.717, 1.165) is 54.9 Å². The number of benzene rings is 1. The number of hydrogen-bond donors (Lipinski definition) is 2. The Kier molecular flexibility index (Phi) is 10.5. The first-order valence-corrected chi connectivity index (χ1v) is 9.26. The molecule has 1 aromatic carbocycles. The average Bonchev–Trinajstić information content (AvgIpc) is 2.99. The molecule has 0 saturated heterocycles. The molecule has 1 heterocycles. The van der Waals surface area contributed by atoms with Crippen molar-refractivity contribution in [3.05, 3.63) is 46.4 Å². The molecule has 138 valence electrons. The number of thiazole rings is 1. The molecule has 0 aliphatic heterocycles. The Morgan fingerprint density at radius 1 is 1.28 bits per heavy atom. The molecule has 0 spiro atoms. The maximum absolute atomic E-state index is 4.71. The minimum Gasteiger partial charge on any atom is -0.385 e. The molecule has 0 fully saturated rings. The molecule has 2 rings (SSSR count). The second-order valence-corrected chi connectivity index (χ2v) is 6.66. The molecule has 0 unspecified atom stereocenters. The fourth-order valence-electron chi connectivity index (χ4n) is 2.32. The number of nitrogens with zero attached hydrogens (tertiary/aromatic N) is 3. The first kappa shape index (κ1) is 21.7. The van der Waals surface area contributed by atoms with Crippen molar-refractivity contribution in [1.29, 1.82) is 0 Å². The Bertz CT molecular complexity index is 629. The van der Waals surface area contributed by atoms with Gasteiger partial charge in [-0.15, -0.1) is 35.3 Å². The molecular weight excluding hydrogens is 445 g/mol. The number of para-hydroxylation sites is 1. The van der Waals surface area contributed by atoms with Crippen molar-refractivity contribution in [2.75, 3.05) is 32.0 Å². The number of anilines is 1. The maximum atomic E-state index is 4.71. The van der Waals surface area contributed by atoms with Crippen molar-refractivity contribution in [3.8, 4) is 0 Å². The fourth-order valence-corrected chi connectivity index (χ4v) is 2.92. The summed E-state index contributed by atoms with van der Waals surface area (Å²) in [6.07, 6.45) is 0.993. The number of nitrogens with one attached hydrogen (secondary N) is 2. The number of hydrogen-bond acceptors (Lipinski definition) is 4. The van der Waals surface area contributed by atoms with E-state index in [2.05, 4.69) is 52.0 Å². The van der Waals surface area contributed by atoms with Gasteiger partial charge >= 0.3 is 0 Å². The Morgan fingerprint density at radius 3 is 2.68 bits per heavy atom. The lowest BCUT2D eigenvalue weighted by molar-refractivity contribution is 0.470. The van der Waals surface area contributed by atoms with Crippen LogP contribution in [-0.4, -0.2) is 42.5 Å². The standard InChI is InChI=1S/C18H27N5S.HI/c1-4-19-18(23(3)13-17-14-24-15(2)22-17)21-12-8-11-20-16-9-6-5-7-10-16;/h5-7,9-10,14,20H,4,8,11-13H2,1-3H3,(H,19,21);1H. The van der Waals surface area contributed by atoms with E-state index in [9.17, 15) is 0 Å². The van der Waals surface area contributed by atoms with Gasteiger partial charge in [-0.1, -0.05) is 18.2 Å². The van der Waals surface area contributed by atoms with Crippen LogP contribution in [-0.2, 0) is 6.54 Å². The molecule has 0 amide bonds. The molecule has 5 nitrogen and oxygen atoms in total. The second kappa shape index (κ2) is 12.1. The molecule has 0 saturated carbocycles. The lowest BCUT2D eigenvalue weighted by atomic mass is 10.3. The summed E-state index contributed by atoms with van der Waals surface area (Å²) in [6, 6.07) is 10.3. The van der Waals surface area contributed by atoms with E-state index in [-0.39, 0.29) is 24.0 Å². The van der Waals surface area contributed by atoms with Gasteiger partial charge in [0.2, 0.25) is 0 Å². The zero-order chi connectivity index (χ0) is 17.2. The van der Waals surface area contributed by atoms with Crippen LogP contribution in [0.1, 0.15) is 24.0 Å². The predicted molar refractivity (Wildman–Crippen MR) is 119 cm³/mol. The number of aliphatic imine (C=N–C) groups is 1. The summed E-state index contributed by atoms with van der Waals surface area (Å²) in [5.74, 6) is 0.933. The number of rotatable bonds is 8. The highest BCUT2D eigenvalue weighted by Crippen LogP contribution is 2.10. The largest absolute Gasteiger partial charge is 0.385 e. The van der Waals surface area contributed by atoms with E-state index >= 15 is 0 Å². The van der Waals surface area contributed by atoms with E-state index < -0.39 is 0 Å². The Hall–Kier alpha value is -1.35. The monoisotopic (exact) mass is 473 g/mol. The Balaban J connectivity index is 0.00000312. The molecule has 0 aliphatic carbocycles. The maximum Gasteiger partial charge on any atom is 0.194 e. The third-order valence-electron chi connectivity index (χ3n) is 3.46. The van der Waals surface area contributed by atoms with Crippen LogP contribution in [0.15, 0.2) is 40.7 Å². The fraction of sp³-hybridized carbons (Fsp3) is 0.444. The van der Waals surface area contributed by atoms with Crippen LogP contribution in [0.3, 0.4) is 0 Å². The third kappa shape index (κ3) is 8.04. The van der Waals surface area contributed by atoms with Crippen molar-refractivity contribution >= 4 is 47.0 Å². The highest BCUT2D eigenvalue weighted by Gasteiger charge is 2.08. The number of aryl methyl sites for hydroxylation is 1. The summed E-state index contributed by atoms with van der Waals surface area (Å²) >= 11 is 1.69. The van der Waals surface area contributed by atoms with Crippen LogP contribution in [0.5, 0.6) is 0 Å². The smallest absolute Gasteiger partial charge is 0.194 e. The molecule has 0 aliphatic rings. The molecular formula is C18H28IN5S. The Morgan fingerprint density at radius 2 is 2.04 bits per heavy atom. The van der Waals surface area contributed by atoms with Crippen molar-refractivity contribution in [3.63, 3.8) is 0 Å². The summed E-state index contributed by atoms with van der Waals surface area (Å²) in [6.45, 7) is 7.48. The molecule has 1 aromatic heterocycles. The van der Waals surface area contributed by atoms with Gasteiger partial charge in [0, 0.05) is 37.7 Å². The summed E-state index contributed by atoms with van der Waals surface area (Å²) in [4.78, 5) is 11.4. The van der Waals surface area contributed by atoms with E-state index in [1.54, 1.807) is 11.3 Å². The van der Waals surface area contributed by atoms with Crippen molar-refractivity contribution < 1.29 is 0 Å². The summed E-state index contributed by atoms with van der Waals surface area (Å²) in [5, 5.41) is 9.97. The van der Waals surface area contributed by atoms with Gasteiger partial charge in [0.15, 0.2) is 5.96 Å². The first-order chi connectivity index (χ1) is 11.7. The summed E-state index contributed by atoms with van der Waals surface area (Å²) in [5.41, 5.74) is 2.25. The predicted octanol–water partition coefficient (Wildman–Crippen LogP) is 3.97. The number of halogens is 1. The molecule has 2 aromatic rings. The quantitative estimate of drug-likeness (QED) is 0.264. The molecule has 7 heteroatoms. The van der Waals surface area contributed by atoms with Gasteiger partial charge in [-0.2, -0.15) is 0 Å². The first-order valence-electron chi connectivity index (χ1n) is 8.38. The summed E-state index contributed by atoms with van der Waals surface area (Å²) in [7, 11) is 2.05. The van der Waals surface area contributed by atoms with Crippen LogP contribution in [0.2, 0.25) is 0 Å². The van der Waals surface area contributed by atoms with Crippen LogP contribution in [0.4, 0.5) is 5.69 Å². The summed E-state index contributed by atoms with van der Waals surface area (Å²) < 4.78 is 0. The van der Waals surface area contributed by atoms with Crippen LogP contribution < -0.4 is 10.6 Å². The van der Waals surface area contributed by atoms with Gasteiger partial charge in [-0.3, -0.25) is 4.99 Å². The molecule has 25 heavy (non-hydrogen) atoms. The second-order valence-electron chi connectivity index (χ2n) is 5.60. The van der Waals surface area contributed by atoms with E-state index in [1.807, 2.05) is 25.1 Å². The van der Waals surface area contributed by atoms with Crippen LogP contribution >= 0.6 is 35.3 Å². The SMILES string of the molecule is CCNC(=NCCCNc1ccccc1)N(C)Cc1csc(C)n1.I. The zero-order valence-electron chi connectivity index (χ0n) is 15.2. The van der Waals surface area contributed by atoms with Gasteiger partial charge in [0.25, 0.3) is 0 Å². The van der Waals surface area contributed by atoms with E-state index in [4.69, 9.17) is 4.99 Å².